The van der Waals surface area contributed by atoms with E-state index < -0.39 is 0 Å². The lowest BCUT2D eigenvalue weighted by atomic mass is 9.91. The predicted octanol–water partition coefficient (Wildman–Crippen LogP) is 2.02. The summed E-state index contributed by atoms with van der Waals surface area (Å²) < 4.78 is 0. The fourth-order valence-electron chi connectivity index (χ4n) is 3.06. The Balaban J connectivity index is 1.46. The van der Waals surface area contributed by atoms with Gasteiger partial charge in [-0.1, -0.05) is 30.3 Å². The molecule has 1 aliphatic rings. The number of hydrogen-bond acceptors (Lipinski definition) is 3. The number of aromatic amines is 1. The summed E-state index contributed by atoms with van der Waals surface area (Å²) in [5.41, 5.74) is 1.42. The summed E-state index contributed by atoms with van der Waals surface area (Å²) in [7, 11) is 0. The summed E-state index contributed by atoms with van der Waals surface area (Å²) in [6, 6.07) is 10.7. The first-order valence-electron chi connectivity index (χ1n) is 7.88. The molecular formula is C17H22N4O. The van der Waals surface area contributed by atoms with Gasteiger partial charge < -0.3 is 15.2 Å². The normalized spacial score (nSPS) is 19.0. The molecule has 0 unspecified atom stereocenters. The molecule has 1 atom stereocenters. The first kappa shape index (κ1) is 14.8. The standard InChI is InChI=1S/C17H22N4O/c22-17(16-18-8-9-19-16)20-10-12-21-11-4-7-15(13-21)14-5-2-1-3-6-14/h1-3,5-6,8-9,15H,4,7,10-13H2,(H,18,19)(H,20,22)/t15-/m1/s1. The van der Waals surface area contributed by atoms with Crippen LogP contribution < -0.4 is 5.32 Å². The molecular weight excluding hydrogens is 276 g/mol. The molecule has 0 bridgehead atoms. The van der Waals surface area contributed by atoms with Gasteiger partial charge in [0.2, 0.25) is 0 Å². The largest absolute Gasteiger partial charge is 0.348 e. The lowest BCUT2D eigenvalue weighted by Gasteiger charge is -2.33. The number of likely N-dealkylation sites (tertiary alicyclic amines) is 1. The van der Waals surface area contributed by atoms with Gasteiger partial charge >= 0.3 is 0 Å². The van der Waals surface area contributed by atoms with E-state index in [1.165, 1.54) is 18.4 Å². The van der Waals surface area contributed by atoms with Crippen molar-refractivity contribution in [2.24, 2.45) is 0 Å². The zero-order chi connectivity index (χ0) is 15.2. The summed E-state index contributed by atoms with van der Waals surface area (Å²) in [4.78, 5) is 21.0. The van der Waals surface area contributed by atoms with Gasteiger partial charge in [-0.25, -0.2) is 4.98 Å². The molecule has 1 amide bonds. The molecule has 1 aliphatic heterocycles. The van der Waals surface area contributed by atoms with E-state index in [1.54, 1.807) is 12.4 Å². The third kappa shape index (κ3) is 3.74. The van der Waals surface area contributed by atoms with Crippen LogP contribution in [0.5, 0.6) is 0 Å². The van der Waals surface area contributed by atoms with Crippen molar-refractivity contribution in [1.82, 2.24) is 20.2 Å². The average molecular weight is 298 g/mol. The van der Waals surface area contributed by atoms with E-state index >= 15 is 0 Å². The highest BCUT2D eigenvalue weighted by atomic mass is 16.2. The number of aromatic nitrogens is 2. The molecule has 2 N–H and O–H groups in total. The van der Waals surface area contributed by atoms with Crippen LogP contribution in [0.2, 0.25) is 0 Å². The molecule has 22 heavy (non-hydrogen) atoms. The number of nitrogens with zero attached hydrogens (tertiary/aromatic N) is 2. The lowest BCUT2D eigenvalue weighted by molar-refractivity contribution is 0.0936. The van der Waals surface area contributed by atoms with Crippen LogP contribution in [0, 0.1) is 0 Å². The summed E-state index contributed by atoms with van der Waals surface area (Å²) in [6.07, 6.45) is 5.71. The molecule has 0 radical (unpaired) electrons. The molecule has 0 aliphatic carbocycles. The van der Waals surface area contributed by atoms with Crippen molar-refractivity contribution < 1.29 is 4.79 Å². The third-order valence-electron chi connectivity index (χ3n) is 4.20. The molecule has 0 spiro atoms. The van der Waals surface area contributed by atoms with Crippen LogP contribution in [0.15, 0.2) is 42.7 Å². The Morgan fingerprint density at radius 1 is 1.36 bits per heavy atom. The average Bonchev–Trinajstić information content (AvgIpc) is 3.10. The highest BCUT2D eigenvalue weighted by Crippen LogP contribution is 2.26. The zero-order valence-electron chi connectivity index (χ0n) is 12.7. The minimum Gasteiger partial charge on any atom is -0.348 e. The summed E-state index contributed by atoms with van der Waals surface area (Å²) >= 11 is 0. The van der Waals surface area contributed by atoms with Crippen molar-refractivity contribution >= 4 is 5.91 Å². The van der Waals surface area contributed by atoms with Gasteiger partial charge in [-0.3, -0.25) is 4.79 Å². The number of piperidine rings is 1. The van der Waals surface area contributed by atoms with Crippen molar-refractivity contribution in [2.45, 2.75) is 18.8 Å². The minimum atomic E-state index is -0.137. The number of carbonyl (C=O) groups is 1. The van der Waals surface area contributed by atoms with Crippen LogP contribution in [-0.2, 0) is 0 Å². The predicted molar refractivity (Wildman–Crippen MR) is 85.8 cm³/mol. The van der Waals surface area contributed by atoms with E-state index in [-0.39, 0.29) is 5.91 Å². The van der Waals surface area contributed by atoms with E-state index in [0.29, 0.717) is 18.3 Å². The van der Waals surface area contributed by atoms with Crippen LogP contribution in [-0.4, -0.2) is 47.0 Å². The van der Waals surface area contributed by atoms with Crippen LogP contribution in [0.1, 0.15) is 34.9 Å². The molecule has 1 aromatic carbocycles. The van der Waals surface area contributed by atoms with Crippen molar-refractivity contribution in [2.75, 3.05) is 26.2 Å². The quantitative estimate of drug-likeness (QED) is 0.888. The van der Waals surface area contributed by atoms with Crippen LogP contribution >= 0.6 is 0 Å². The Hall–Kier alpha value is -2.14. The molecule has 1 fully saturated rings. The van der Waals surface area contributed by atoms with E-state index in [9.17, 15) is 4.79 Å². The van der Waals surface area contributed by atoms with Crippen LogP contribution in [0.4, 0.5) is 0 Å². The molecule has 5 heteroatoms. The summed E-state index contributed by atoms with van der Waals surface area (Å²) in [5, 5.41) is 2.91. The second-order valence-corrected chi connectivity index (χ2v) is 5.74. The van der Waals surface area contributed by atoms with Gasteiger partial charge in [-0.15, -0.1) is 0 Å². The second kappa shape index (κ2) is 7.22. The number of carbonyl (C=O) groups excluding carboxylic acids is 1. The molecule has 5 nitrogen and oxygen atoms in total. The van der Waals surface area contributed by atoms with Gasteiger partial charge in [0.25, 0.3) is 5.91 Å². The second-order valence-electron chi connectivity index (χ2n) is 5.74. The fourth-order valence-corrected chi connectivity index (χ4v) is 3.06. The molecule has 2 aromatic rings. The van der Waals surface area contributed by atoms with Gasteiger partial charge in [-0.2, -0.15) is 0 Å². The van der Waals surface area contributed by atoms with E-state index in [2.05, 4.69) is 50.5 Å². The number of benzene rings is 1. The molecule has 0 saturated carbocycles. The molecule has 1 aromatic heterocycles. The monoisotopic (exact) mass is 298 g/mol. The highest BCUT2D eigenvalue weighted by Gasteiger charge is 2.20. The van der Waals surface area contributed by atoms with Gasteiger partial charge in [0.15, 0.2) is 5.82 Å². The number of amides is 1. The van der Waals surface area contributed by atoms with Crippen molar-refractivity contribution in [1.29, 1.82) is 0 Å². The summed E-state index contributed by atoms with van der Waals surface area (Å²) in [6.45, 7) is 3.72. The molecule has 3 rings (SSSR count). The molecule has 116 valence electrons. The Morgan fingerprint density at radius 3 is 3.00 bits per heavy atom. The first-order chi connectivity index (χ1) is 10.8. The SMILES string of the molecule is O=C(NCCN1CCC[C@@H](c2ccccc2)C1)c1ncc[nH]1. The van der Waals surface area contributed by atoms with Gasteiger partial charge in [0, 0.05) is 32.0 Å². The summed E-state index contributed by atoms with van der Waals surface area (Å²) in [5.74, 6) is 0.846. The maximum Gasteiger partial charge on any atom is 0.287 e. The van der Waals surface area contributed by atoms with E-state index in [1.807, 2.05) is 0 Å². The first-order valence-corrected chi connectivity index (χ1v) is 7.88. The molecule has 1 saturated heterocycles. The minimum absolute atomic E-state index is 0.137. The number of rotatable bonds is 5. The smallest absolute Gasteiger partial charge is 0.287 e. The fraction of sp³-hybridized carbons (Fsp3) is 0.412. The number of imidazole rings is 1. The van der Waals surface area contributed by atoms with Crippen LogP contribution in [0.3, 0.4) is 0 Å². The van der Waals surface area contributed by atoms with Crippen LogP contribution in [0.25, 0.3) is 0 Å². The lowest BCUT2D eigenvalue weighted by Crippen LogP contribution is -2.40. The maximum absolute atomic E-state index is 11.8. The number of nitrogens with one attached hydrogen (secondary N) is 2. The Morgan fingerprint density at radius 2 is 2.23 bits per heavy atom. The Labute approximate surface area is 130 Å². The molecule has 2 heterocycles. The highest BCUT2D eigenvalue weighted by molar-refractivity contribution is 5.90. The van der Waals surface area contributed by atoms with Crippen molar-refractivity contribution in [3.05, 3.63) is 54.1 Å². The van der Waals surface area contributed by atoms with Crippen molar-refractivity contribution in [3.8, 4) is 0 Å². The Bertz CT molecular complexity index is 582. The van der Waals surface area contributed by atoms with Gasteiger partial charge in [-0.05, 0) is 30.9 Å². The van der Waals surface area contributed by atoms with Crippen molar-refractivity contribution in [3.63, 3.8) is 0 Å². The number of H-pyrrole nitrogens is 1. The van der Waals surface area contributed by atoms with E-state index in [4.69, 9.17) is 0 Å². The number of hydrogen-bond donors (Lipinski definition) is 2. The van der Waals surface area contributed by atoms with Gasteiger partial charge in [0.1, 0.15) is 0 Å². The maximum atomic E-state index is 11.8. The Kier molecular flexibility index (Phi) is 4.85. The van der Waals surface area contributed by atoms with Gasteiger partial charge in [0.05, 0.1) is 0 Å². The third-order valence-corrected chi connectivity index (χ3v) is 4.20. The zero-order valence-corrected chi connectivity index (χ0v) is 12.7. The van der Waals surface area contributed by atoms with E-state index in [0.717, 1.165) is 19.6 Å². The topological polar surface area (TPSA) is 61.0 Å².